The van der Waals surface area contributed by atoms with Crippen LogP contribution in [0.4, 0.5) is 0 Å². The third-order valence-corrected chi connectivity index (χ3v) is 10.8. The monoisotopic (exact) mass is 898 g/mol. The number of nitrogens with zero attached hydrogens (tertiary/aromatic N) is 1. The van der Waals surface area contributed by atoms with Crippen LogP contribution in [-0.2, 0) is 27.9 Å². The topological polar surface area (TPSA) is 94.1 Å². The van der Waals surface area contributed by atoms with E-state index in [4.69, 9.17) is 18.5 Å². The molecule has 0 fully saturated rings. The van der Waals surface area contributed by atoms with Gasteiger partial charge in [0.05, 0.1) is 34.4 Å². The Morgan fingerprint density at radius 1 is 0.508 bits per heavy atom. The zero-order chi connectivity index (χ0) is 46.2. The molecule has 0 saturated carbocycles. The molecule has 0 aromatic heterocycles. The quantitative estimate of drug-likeness (QED) is 0.0198. The Hall–Kier alpha value is -2.84. The lowest BCUT2D eigenvalue weighted by Gasteiger charge is -2.28. The number of ether oxygens (including phenoxy) is 2. The van der Waals surface area contributed by atoms with E-state index in [-0.39, 0.29) is 32.2 Å². The Morgan fingerprint density at radius 3 is 1.38 bits per heavy atom. The van der Waals surface area contributed by atoms with E-state index in [0.29, 0.717) is 17.6 Å². The van der Waals surface area contributed by atoms with Gasteiger partial charge in [-0.2, -0.15) is 0 Å². The van der Waals surface area contributed by atoms with Crippen LogP contribution >= 0.6 is 7.82 Å². The van der Waals surface area contributed by atoms with Gasteiger partial charge in [-0.3, -0.25) is 9.36 Å². The SMILES string of the molecule is CC/C=C\C/C=C\C/C=C\C/C=C\C/C=C\C/C=C\C/C=C\CCCCCCOCC(COP(=O)([O-])OCC[N+](C)(C)C)OC(=O)CCCCCCC/C=C\C/C=C\CCCCC. The molecule has 360 valence electrons. The lowest BCUT2D eigenvalue weighted by atomic mass is 10.1. The van der Waals surface area contributed by atoms with E-state index >= 15 is 0 Å². The third-order valence-electron chi connectivity index (χ3n) is 9.81. The Morgan fingerprint density at radius 2 is 0.921 bits per heavy atom. The molecule has 0 aromatic carbocycles. The molecule has 0 saturated heterocycles. The Labute approximate surface area is 387 Å². The molecule has 2 atom stereocenters. The first-order valence-corrected chi connectivity index (χ1v) is 26.1. The molecule has 0 radical (unpaired) electrons. The summed E-state index contributed by atoms with van der Waals surface area (Å²) in [5.74, 6) is -0.363. The second-order valence-electron chi connectivity index (χ2n) is 17.1. The van der Waals surface area contributed by atoms with Gasteiger partial charge in [0.1, 0.15) is 19.3 Å². The van der Waals surface area contributed by atoms with Crippen LogP contribution in [0.1, 0.15) is 168 Å². The molecule has 2 unspecified atom stereocenters. The molecule has 0 amide bonds. The van der Waals surface area contributed by atoms with Crippen LogP contribution in [0, 0.1) is 0 Å². The first-order valence-electron chi connectivity index (χ1n) is 24.6. The minimum absolute atomic E-state index is 0.0112. The maximum Gasteiger partial charge on any atom is 0.306 e. The van der Waals surface area contributed by atoms with Gasteiger partial charge < -0.3 is 27.9 Å². The van der Waals surface area contributed by atoms with Gasteiger partial charge >= 0.3 is 5.97 Å². The third kappa shape index (κ3) is 50.0. The molecule has 63 heavy (non-hydrogen) atoms. The average Bonchev–Trinajstić information content (AvgIpc) is 3.24. The zero-order valence-electron chi connectivity index (χ0n) is 40.7. The van der Waals surface area contributed by atoms with Crippen molar-refractivity contribution < 1.29 is 37.3 Å². The Kier molecular flexibility index (Phi) is 43.7. The van der Waals surface area contributed by atoms with Crippen molar-refractivity contribution in [1.29, 1.82) is 0 Å². The highest BCUT2D eigenvalue weighted by atomic mass is 31.2. The highest BCUT2D eigenvalue weighted by Gasteiger charge is 2.20. The van der Waals surface area contributed by atoms with Crippen LogP contribution in [0.15, 0.2) is 109 Å². The van der Waals surface area contributed by atoms with Crippen LogP contribution in [0.25, 0.3) is 0 Å². The minimum atomic E-state index is -4.55. The lowest BCUT2D eigenvalue weighted by molar-refractivity contribution is -0.870. The van der Waals surface area contributed by atoms with Crippen molar-refractivity contribution in [3.05, 3.63) is 109 Å². The molecule has 0 aliphatic heterocycles. The number of phosphoric acid groups is 1. The number of carbonyl (C=O) groups excluding carboxylic acids is 1. The zero-order valence-corrected chi connectivity index (χ0v) is 41.6. The summed E-state index contributed by atoms with van der Waals surface area (Å²) in [4.78, 5) is 25.1. The van der Waals surface area contributed by atoms with Crippen LogP contribution < -0.4 is 4.89 Å². The number of esters is 1. The molecular formula is C54H92NO7P. The van der Waals surface area contributed by atoms with Gasteiger partial charge in [-0.15, -0.1) is 0 Å². The van der Waals surface area contributed by atoms with Crippen LogP contribution in [0.5, 0.6) is 0 Å². The summed E-state index contributed by atoms with van der Waals surface area (Å²) >= 11 is 0. The van der Waals surface area contributed by atoms with Gasteiger partial charge in [0.2, 0.25) is 0 Å². The molecule has 0 bridgehead atoms. The molecule has 9 heteroatoms. The minimum Gasteiger partial charge on any atom is -0.756 e. The number of likely N-dealkylation sites (N-methyl/N-ethyl adjacent to an activating group) is 1. The van der Waals surface area contributed by atoms with E-state index in [0.717, 1.165) is 122 Å². The van der Waals surface area contributed by atoms with Crippen LogP contribution in [0.3, 0.4) is 0 Å². The molecule has 0 rings (SSSR count). The summed E-state index contributed by atoms with van der Waals surface area (Å²) in [6.45, 7) is 5.15. The molecule has 0 spiro atoms. The molecule has 0 aliphatic rings. The van der Waals surface area contributed by atoms with Crippen molar-refractivity contribution in [2.45, 2.75) is 174 Å². The number of hydrogen-bond donors (Lipinski definition) is 0. The van der Waals surface area contributed by atoms with Gasteiger partial charge in [0.25, 0.3) is 7.82 Å². The number of rotatable bonds is 44. The molecule has 0 aliphatic carbocycles. The lowest BCUT2D eigenvalue weighted by Crippen LogP contribution is -2.37. The number of unbranched alkanes of at least 4 members (excludes halogenated alkanes) is 12. The standard InChI is InChI=1S/C54H92NO7P/c1-6-8-10-12-14-16-18-20-22-23-24-25-26-27-28-29-30-31-32-34-36-38-40-42-44-46-49-59-51-53(52-61-63(57,58)60-50-48-55(3,4)5)62-54(56)47-45-43-41-39-37-35-33-21-19-17-15-13-11-9-7-2/h8,10,14-17,20-22,24-25,27-28,30-31,33-34,36,53H,6-7,9,11-13,18-19,23,26,29,32,35,37-52H2,1-5H3/b10-8-,16-14-,17-15-,22-20-,25-24-,28-27-,31-30-,33-21-,36-34-. The first-order chi connectivity index (χ1) is 30.6. The largest absolute Gasteiger partial charge is 0.756 e. The van der Waals surface area contributed by atoms with Crippen molar-refractivity contribution in [3.8, 4) is 0 Å². The van der Waals surface area contributed by atoms with Gasteiger partial charge in [-0.05, 0) is 103 Å². The number of hydrogen-bond acceptors (Lipinski definition) is 7. The van der Waals surface area contributed by atoms with Gasteiger partial charge in [0.15, 0.2) is 0 Å². The summed E-state index contributed by atoms with van der Waals surface area (Å²) in [6.07, 6.45) is 64.0. The van der Waals surface area contributed by atoms with Crippen molar-refractivity contribution in [1.82, 2.24) is 0 Å². The summed E-state index contributed by atoms with van der Waals surface area (Å²) in [7, 11) is 1.31. The highest BCUT2D eigenvalue weighted by Crippen LogP contribution is 2.38. The molecule has 0 aromatic rings. The maximum absolute atomic E-state index is 12.7. The number of allylic oxidation sites excluding steroid dienone is 18. The summed E-state index contributed by atoms with van der Waals surface area (Å²) < 4.78 is 34.6. The smallest absolute Gasteiger partial charge is 0.306 e. The second-order valence-corrected chi connectivity index (χ2v) is 18.5. The highest BCUT2D eigenvalue weighted by molar-refractivity contribution is 7.45. The van der Waals surface area contributed by atoms with E-state index < -0.39 is 13.9 Å². The summed E-state index contributed by atoms with van der Waals surface area (Å²) in [6, 6.07) is 0. The van der Waals surface area contributed by atoms with Crippen molar-refractivity contribution in [2.24, 2.45) is 0 Å². The normalized spacial score (nSPS) is 14.6. The number of phosphoric ester groups is 1. The molecule has 0 heterocycles. The van der Waals surface area contributed by atoms with Crippen molar-refractivity contribution >= 4 is 13.8 Å². The second kappa shape index (κ2) is 45.7. The van der Waals surface area contributed by atoms with Crippen LogP contribution in [0.2, 0.25) is 0 Å². The van der Waals surface area contributed by atoms with E-state index in [2.05, 4.69) is 123 Å². The van der Waals surface area contributed by atoms with Crippen molar-refractivity contribution in [3.63, 3.8) is 0 Å². The van der Waals surface area contributed by atoms with E-state index in [9.17, 15) is 14.3 Å². The Bertz CT molecular complexity index is 1370. The van der Waals surface area contributed by atoms with E-state index in [1.807, 2.05) is 21.1 Å². The predicted molar refractivity (Wildman–Crippen MR) is 268 cm³/mol. The van der Waals surface area contributed by atoms with E-state index in [1.54, 1.807) is 0 Å². The predicted octanol–water partition coefficient (Wildman–Crippen LogP) is 14.5. The fourth-order valence-corrected chi connectivity index (χ4v) is 6.75. The number of quaternary nitrogens is 1. The van der Waals surface area contributed by atoms with E-state index in [1.165, 1.54) is 25.7 Å². The molecule has 0 N–H and O–H groups in total. The fraction of sp³-hybridized carbons (Fsp3) is 0.648. The summed E-state index contributed by atoms with van der Waals surface area (Å²) in [5.41, 5.74) is 0. The van der Waals surface area contributed by atoms with Gasteiger partial charge in [-0.25, -0.2) is 0 Å². The molecule has 8 nitrogen and oxygen atoms in total. The molecular weight excluding hydrogens is 806 g/mol. The maximum atomic E-state index is 12.7. The van der Waals surface area contributed by atoms with Gasteiger partial charge in [-0.1, -0.05) is 168 Å². The fourth-order valence-electron chi connectivity index (χ4n) is 6.03. The average molecular weight is 898 g/mol. The van der Waals surface area contributed by atoms with Gasteiger partial charge in [0, 0.05) is 13.0 Å². The summed E-state index contributed by atoms with van der Waals surface area (Å²) in [5, 5.41) is 0. The van der Waals surface area contributed by atoms with Crippen LogP contribution in [-0.4, -0.2) is 70.7 Å². The first kappa shape index (κ1) is 60.2. The Balaban J connectivity index is 4.27. The number of carbonyl (C=O) groups is 1. The van der Waals surface area contributed by atoms with Crippen molar-refractivity contribution in [2.75, 3.05) is 54.1 Å².